The Bertz CT molecular complexity index is 873. The predicted octanol–water partition coefficient (Wildman–Crippen LogP) is 3.93. The normalized spacial score (nSPS) is 13.0. The summed E-state index contributed by atoms with van der Waals surface area (Å²) in [5.74, 6) is 0.0420. The van der Waals surface area contributed by atoms with Crippen molar-refractivity contribution >= 4 is 17.5 Å². The SMILES string of the molecule is COc1cc(C#N)ccc1OCC(=O)N(Cc1c(F)cccc1Cl)C1CC1. The summed E-state index contributed by atoms with van der Waals surface area (Å²) in [4.78, 5) is 14.3. The van der Waals surface area contributed by atoms with Crippen molar-refractivity contribution < 1.29 is 18.7 Å². The molecule has 0 N–H and O–H groups in total. The Kier molecular flexibility index (Phi) is 5.82. The predicted molar refractivity (Wildman–Crippen MR) is 98.2 cm³/mol. The zero-order valence-corrected chi connectivity index (χ0v) is 15.5. The second kappa shape index (κ2) is 8.28. The summed E-state index contributed by atoms with van der Waals surface area (Å²) >= 11 is 6.09. The highest BCUT2D eigenvalue weighted by Crippen LogP contribution is 2.32. The first-order chi connectivity index (χ1) is 13.0. The van der Waals surface area contributed by atoms with Gasteiger partial charge in [0.15, 0.2) is 18.1 Å². The van der Waals surface area contributed by atoms with E-state index in [-0.39, 0.29) is 25.1 Å². The minimum atomic E-state index is -0.435. The standard InChI is InChI=1S/C20H18ClFN2O3/c1-26-19-9-13(10-23)5-8-18(19)27-12-20(25)24(14-6-7-14)11-15-16(21)3-2-4-17(15)22/h2-5,8-9,14H,6-7,11-12H2,1H3. The van der Waals surface area contributed by atoms with Gasteiger partial charge in [-0.3, -0.25) is 4.79 Å². The third-order valence-electron chi connectivity index (χ3n) is 4.34. The number of amides is 1. The smallest absolute Gasteiger partial charge is 0.261 e. The molecule has 0 heterocycles. The van der Waals surface area contributed by atoms with Crippen molar-refractivity contribution in [3.63, 3.8) is 0 Å². The highest BCUT2D eigenvalue weighted by molar-refractivity contribution is 6.31. The van der Waals surface area contributed by atoms with Crippen LogP contribution in [-0.4, -0.2) is 30.6 Å². The highest BCUT2D eigenvalue weighted by atomic mass is 35.5. The maximum Gasteiger partial charge on any atom is 0.261 e. The fourth-order valence-corrected chi connectivity index (χ4v) is 2.96. The number of nitriles is 1. The first kappa shape index (κ1) is 19.0. The number of carbonyl (C=O) groups excluding carboxylic acids is 1. The lowest BCUT2D eigenvalue weighted by Gasteiger charge is -2.23. The summed E-state index contributed by atoms with van der Waals surface area (Å²) in [6.45, 7) is -0.117. The summed E-state index contributed by atoms with van der Waals surface area (Å²) in [6, 6.07) is 11.3. The monoisotopic (exact) mass is 388 g/mol. The van der Waals surface area contributed by atoms with Crippen molar-refractivity contribution in [2.45, 2.75) is 25.4 Å². The molecule has 0 atom stereocenters. The van der Waals surface area contributed by atoms with Crippen LogP contribution in [0.3, 0.4) is 0 Å². The number of nitrogens with zero attached hydrogens (tertiary/aromatic N) is 2. The lowest BCUT2D eigenvalue weighted by Crippen LogP contribution is -2.36. The zero-order valence-electron chi connectivity index (χ0n) is 14.7. The maximum absolute atomic E-state index is 14.1. The molecule has 0 saturated heterocycles. The van der Waals surface area contributed by atoms with Gasteiger partial charge in [0.25, 0.3) is 5.91 Å². The topological polar surface area (TPSA) is 62.6 Å². The summed E-state index contributed by atoms with van der Waals surface area (Å²) < 4.78 is 24.9. The molecule has 0 aromatic heterocycles. The van der Waals surface area contributed by atoms with Gasteiger partial charge >= 0.3 is 0 Å². The van der Waals surface area contributed by atoms with E-state index in [4.69, 9.17) is 26.3 Å². The Morgan fingerprint density at radius 1 is 1.33 bits per heavy atom. The lowest BCUT2D eigenvalue weighted by molar-refractivity contribution is -0.134. The summed E-state index contributed by atoms with van der Waals surface area (Å²) in [5.41, 5.74) is 0.731. The van der Waals surface area contributed by atoms with E-state index in [1.54, 1.807) is 23.1 Å². The van der Waals surface area contributed by atoms with Gasteiger partial charge < -0.3 is 14.4 Å². The van der Waals surface area contributed by atoms with Gasteiger partial charge in [0, 0.05) is 22.7 Å². The van der Waals surface area contributed by atoms with Crippen LogP contribution in [0, 0.1) is 17.1 Å². The number of hydrogen-bond donors (Lipinski definition) is 0. The number of methoxy groups -OCH3 is 1. The largest absolute Gasteiger partial charge is 0.493 e. The Hall–Kier alpha value is -2.78. The van der Waals surface area contributed by atoms with Crippen LogP contribution in [0.4, 0.5) is 4.39 Å². The molecule has 7 heteroatoms. The first-order valence-electron chi connectivity index (χ1n) is 8.46. The van der Waals surface area contributed by atoms with Gasteiger partial charge in [-0.2, -0.15) is 5.26 Å². The van der Waals surface area contributed by atoms with E-state index in [0.29, 0.717) is 27.6 Å². The van der Waals surface area contributed by atoms with Crippen LogP contribution in [0.25, 0.3) is 0 Å². The highest BCUT2D eigenvalue weighted by Gasteiger charge is 2.33. The van der Waals surface area contributed by atoms with Gasteiger partial charge in [-0.1, -0.05) is 17.7 Å². The first-order valence-corrected chi connectivity index (χ1v) is 8.84. The molecule has 0 unspecified atom stereocenters. The van der Waals surface area contributed by atoms with Crippen molar-refractivity contribution in [1.29, 1.82) is 5.26 Å². The van der Waals surface area contributed by atoms with Crippen molar-refractivity contribution in [2.24, 2.45) is 0 Å². The van der Waals surface area contributed by atoms with Crippen molar-refractivity contribution in [3.05, 3.63) is 58.4 Å². The maximum atomic E-state index is 14.1. The molecule has 27 heavy (non-hydrogen) atoms. The van der Waals surface area contributed by atoms with Gasteiger partial charge in [0.05, 0.1) is 25.3 Å². The van der Waals surface area contributed by atoms with Gasteiger partial charge in [-0.25, -0.2) is 4.39 Å². The average Bonchev–Trinajstić information content (AvgIpc) is 3.50. The Morgan fingerprint density at radius 2 is 2.11 bits per heavy atom. The fourth-order valence-electron chi connectivity index (χ4n) is 2.74. The molecule has 0 radical (unpaired) electrons. The summed E-state index contributed by atoms with van der Waals surface area (Å²) in [6.07, 6.45) is 1.75. The van der Waals surface area contributed by atoms with Crippen molar-refractivity contribution in [1.82, 2.24) is 4.90 Å². The van der Waals surface area contributed by atoms with E-state index in [9.17, 15) is 9.18 Å². The van der Waals surface area contributed by atoms with Gasteiger partial charge in [-0.05, 0) is 37.1 Å². The van der Waals surface area contributed by atoms with Crippen LogP contribution in [0.2, 0.25) is 5.02 Å². The second-order valence-corrected chi connectivity index (χ2v) is 6.63. The molecule has 1 saturated carbocycles. The molecule has 5 nitrogen and oxygen atoms in total. The van der Waals surface area contributed by atoms with E-state index in [1.807, 2.05) is 6.07 Å². The van der Waals surface area contributed by atoms with Crippen LogP contribution in [0.15, 0.2) is 36.4 Å². The van der Waals surface area contributed by atoms with Crippen molar-refractivity contribution in [2.75, 3.05) is 13.7 Å². The molecule has 1 amide bonds. The van der Waals surface area contributed by atoms with Crippen LogP contribution in [0.1, 0.15) is 24.0 Å². The number of benzene rings is 2. The van der Waals surface area contributed by atoms with Gasteiger partial charge in [0.1, 0.15) is 5.82 Å². The molecule has 3 rings (SSSR count). The molecular weight excluding hydrogens is 371 g/mol. The minimum absolute atomic E-state index is 0.0691. The molecule has 1 aliphatic rings. The van der Waals surface area contributed by atoms with Crippen molar-refractivity contribution in [3.8, 4) is 17.6 Å². The molecule has 0 spiro atoms. The minimum Gasteiger partial charge on any atom is -0.493 e. The molecule has 2 aromatic carbocycles. The molecular formula is C20H18ClFN2O3. The lowest BCUT2D eigenvalue weighted by atomic mass is 10.2. The number of carbonyl (C=O) groups is 1. The Balaban J connectivity index is 1.71. The molecule has 140 valence electrons. The molecule has 2 aromatic rings. The van der Waals surface area contributed by atoms with E-state index >= 15 is 0 Å². The van der Waals surface area contributed by atoms with E-state index in [1.165, 1.54) is 25.3 Å². The molecule has 1 aliphatic carbocycles. The summed E-state index contributed by atoms with van der Waals surface area (Å²) in [7, 11) is 1.46. The number of hydrogen-bond acceptors (Lipinski definition) is 4. The average molecular weight is 389 g/mol. The number of ether oxygens (including phenoxy) is 2. The fraction of sp³-hybridized carbons (Fsp3) is 0.300. The van der Waals surface area contributed by atoms with Crippen LogP contribution >= 0.6 is 11.6 Å². The third kappa shape index (κ3) is 4.50. The van der Waals surface area contributed by atoms with E-state index < -0.39 is 5.82 Å². The van der Waals surface area contributed by atoms with E-state index in [2.05, 4.69) is 0 Å². The van der Waals surface area contributed by atoms with Crippen LogP contribution in [0.5, 0.6) is 11.5 Å². The molecule has 0 aliphatic heterocycles. The summed E-state index contributed by atoms with van der Waals surface area (Å²) in [5, 5.41) is 9.24. The molecule has 1 fully saturated rings. The molecule has 0 bridgehead atoms. The Labute approximate surface area is 161 Å². The van der Waals surface area contributed by atoms with Crippen LogP contribution < -0.4 is 9.47 Å². The van der Waals surface area contributed by atoms with Gasteiger partial charge in [0.2, 0.25) is 0 Å². The van der Waals surface area contributed by atoms with Crippen LogP contribution in [-0.2, 0) is 11.3 Å². The number of halogens is 2. The third-order valence-corrected chi connectivity index (χ3v) is 4.70. The Morgan fingerprint density at radius 3 is 2.74 bits per heavy atom. The second-order valence-electron chi connectivity index (χ2n) is 6.22. The quantitative estimate of drug-likeness (QED) is 0.721. The zero-order chi connectivity index (χ0) is 19.4. The number of rotatable bonds is 7. The van der Waals surface area contributed by atoms with E-state index in [0.717, 1.165) is 12.8 Å². The van der Waals surface area contributed by atoms with Gasteiger partial charge in [-0.15, -0.1) is 0 Å².